The van der Waals surface area contributed by atoms with Crippen molar-refractivity contribution in [3.63, 3.8) is 0 Å². The van der Waals surface area contributed by atoms with E-state index in [-0.39, 0.29) is 12.7 Å². The predicted octanol–water partition coefficient (Wildman–Crippen LogP) is 3.97. The van der Waals surface area contributed by atoms with Crippen molar-refractivity contribution in [2.45, 2.75) is 20.4 Å². The molecule has 8 nitrogen and oxygen atoms in total. The smallest absolute Gasteiger partial charge is 0.259 e. The maximum Gasteiger partial charge on any atom is 0.259 e. The van der Waals surface area contributed by atoms with Crippen molar-refractivity contribution >= 4 is 5.91 Å². The van der Waals surface area contributed by atoms with E-state index in [4.69, 9.17) is 14.6 Å². The van der Waals surface area contributed by atoms with Gasteiger partial charge in [0.2, 0.25) is 6.79 Å². The summed E-state index contributed by atoms with van der Waals surface area (Å²) in [6, 6.07) is 18.2. The Labute approximate surface area is 210 Å². The van der Waals surface area contributed by atoms with Gasteiger partial charge in [0, 0.05) is 45.1 Å². The summed E-state index contributed by atoms with van der Waals surface area (Å²) in [6.45, 7) is 8.04. The topological polar surface area (TPSA) is 64.8 Å². The molecule has 0 bridgehead atoms. The lowest BCUT2D eigenvalue weighted by Crippen LogP contribution is -2.48. The lowest BCUT2D eigenvalue weighted by molar-refractivity contribution is 0.0627. The van der Waals surface area contributed by atoms with Gasteiger partial charge in [-0.25, -0.2) is 4.68 Å². The molecule has 0 saturated carbocycles. The summed E-state index contributed by atoms with van der Waals surface area (Å²) in [6.07, 6.45) is 3.92. The van der Waals surface area contributed by atoms with Gasteiger partial charge >= 0.3 is 0 Å². The van der Waals surface area contributed by atoms with Crippen molar-refractivity contribution < 1.29 is 14.3 Å². The van der Waals surface area contributed by atoms with E-state index in [1.165, 1.54) is 5.56 Å². The van der Waals surface area contributed by atoms with Crippen LogP contribution in [0.15, 0.2) is 67.0 Å². The third-order valence-electron chi connectivity index (χ3n) is 6.85. The highest BCUT2D eigenvalue weighted by Crippen LogP contribution is 2.33. The van der Waals surface area contributed by atoms with Crippen LogP contribution in [0.5, 0.6) is 11.5 Å². The highest BCUT2D eigenvalue weighted by atomic mass is 16.7. The first-order chi connectivity index (χ1) is 17.6. The summed E-state index contributed by atoms with van der Waals surface area (Å²) in [4.78, 5) is 18.2. The minimum atomic E-state index is 0.0258. The second-order valence-electron chi connectivity index (χ2n) is 9.38. The Bertz CT molecular complexity index is 1400. The number of rotatable bonds is 5. The zero-order valence-corrected chi connectivity index (χ0v) is 20.6. The van der Waals surface area contributed by atoms with Gasteiger partial charge in [0.05, 0.1) is 11.4 Å². The highest BCUT2D eigenvalue weighted by Gasteiger charge is 2.29. The minimum absolute atomic E-state index is 0.0258. The Kier molecular flexibility index (Phi) is 5.73. The largest absolute Gasteiger partial charge is 0.454 e. The number of carbonyl (C=O) groups excluding carboxylic acids is 1. The fourth-order valence-electron chi connectivity index (χ4n) is 4.98. The van der Waals surface area contributed by atoms with Crippen LogP contribution in [-0.4, -0.2) is 63.0 Å². The van der Waals surface area contributed by atoms with Gasteiger partial charge in [-0.3, -0.25) is 9.69 Å². The van der Waals surface area contributed by atoms with Crippen molar-refractivity contribution in [1.29, 1.82) is 0 Å². The predicted molar refractivity (Wildman–Crippen MR) is 136 cm³/mol. The maximum atomic E-state index is 13.9. The Hall–Kier alpha value is -4.04. The molecule has 2 aromatic carbocycles. The number of carbonyl (C=O) groups is 1. The number of hydrogen-bond acceptors (Lipinski definition) is 5. The molecule has 184 valence electrons. The standard InChI is InChI=1S/C28H29N5O3/c1-20-6-5-7-23(16-20)33-27(31-10-3-4-11-31)26(21(2)29-33)28(34)32-14-12-30(13-15-32)18-22-8-9-24-25(17-22)36-19-35-24/h3-11,16-17H,12-15,18-19H2,1-2H3. The Morgan fingerprint density at radius 1 is 0.917 bits per heavy atom. The van der Waals surface area contributed by atoms with Gasteiger partial charge < -0.3 is 18.9 Å². The molecular formula is C28H29N5O3. The van der Waals surface area contributed by atoms with E-state index in [9.17, 15) is 4.79 Å². The van der Waals surface area contributed by atoms with Gasteiger partial charge in [-0.2, -0.15) is 5.10 Å². The zero-order chi connectivity index (χ0) is 24.6. The maximum absolute atomic E-state index is 13.9. The Morgan fingerprint density at radius 2 is 1.69 bits per heavy atom. The van der Waals surface area contributed by atoms with Gasteiger partial charge in [0.15, 0.2) is 17.3 Å². The molecule has 0 N–H and O–H groups in total. The number of aryl methyl sites for hydroxylation is 2. The van der Waals surface area contributed by atoms with Gasteiger partial charge in [0.25, 0.3) is 5.91 Å². The van der Waals surface area contributed by atoms with Gasteiger partial charge in [-0.15, -0.1) is 0 Å². The molecule has 2 aliphatic heterocycles. The first-order valence-electron chi connectivity index (χ1n) is 12.3. The third-order valence-corrected chi connectivity index (χ3v) is 6.85. The van der Waals surface area contributed by atoms with Gasteiger partial charge in [-0.05, 0) is 61.4 Å². The number of hydrogen-bond donors (Lipinski definition) is 0. The van der Waals surface area contributed by atoms with Crippen LogP contribution in [0.4, 0.5) is 0 Å². The number of piperazine rings is 1. The van der Waals surface area contributed by atoms with Crippen LogP contribution in [-0.2, 0) is 6.54 Å². The Balaban J connectivity index is 1.22. The summed E-state index contributed by atoms with van der Waals surface area (Å²) < 4.78 is 14.8. The monoisotopic (exact) mass is 483 g/mol. The second-order valence-corrected chi connectivity index (χ2v) is 9.38. The Morgan fingerprint density at radius 3 is 2.47 bits per heavy atom. The average Bonchev–Trinajstić information content (AvgIpc) is 3.64. The molecule has 2 aromatic heterocycles. The molecule has 1 saturated heterocycles. The molecule has 2 aliphatic rings. The van der Waals surface area contributed by atoms with E-state index in [0.717, 1.165) is 53.9 Å². The quantitative estimate of drug-likeness (QED) is 0.430. The number of amides is 1. The van der Waals surface area contributed by atoms with Crippen molar-refractivity contribution in [2.75, 3.05) is 33.0 Å². The fourth-order valence-corrected chi connectivity index (χ4v) is 4.98. The van der Waals surface area contributed by atoms with E-state index >= 15 is 0 Å². The number of fused-ring (bicyclic) bond motifs is 1. The second kappa shape index (κ2) is 9.20. The summed E-state index contributed by atoms with van der Waals surface area (Å²) in [5, 5.41) is 4.81. The SMILES string of the molecule is Cc1cccc(-n2nc(C)c(C(=O)N3CCN(Cc4ccc5c(c4)OCO5)CC3)c2-n2cccc2)c1. The lowest BCUT2D eigenvalue weighted by Gasteiger charge is -2.35. The summed E-state index contributed by atoms with van der Waals surface area (Å²) in [5.41, 5.74) is 4.65. The molecule has 4 aromatic rings. The number of ether oxygens (including phenoxy) is 2. The van der Waals surface area contributed by atoms with E-state index in [1.54, 1.807) is 0 Å². The van der Waals surface area contributed by atoms with E-state index in [2.05, 4.69) is 30.0 Å². The van der Waals surface area contributed by atoms with Crippen molar-refractivity contribution in [3.05, 3.63) is 89.4 Å². The van der Waals surface area contributed by atoms with Crippen LogP contribution in [0, 0.1) is 13.8 Å². The molecular weight excluding hydrogens is 454 g/mol. The number of aromatic nitrogens is 3. The average molecular weight is 484 g/mol. The molecule has 0 radical (unpaired) electrons. The molecule has 0 atom stereocenters. The molecule has 1 fully saturated rings. The molecule has 1 amide bonds. The first-order valence-corrected chi connectivity index (χ1v) is 12.3. The van der Waals surface area contributed by atoms with Crippen LogP contribution < -0.4 is 9.47 Å². The first kappa shape index (κ1) is 22.4. The molecule has 0 unspecified atom stereocenters. The zero-order valence-electron chi connectivity index (χ0n) is 20.6. The number of nitrogens with zero attached hydrogens (tertiary/aromatic N) is 5. The van der Waals surface area contributed by atoms with Gasteiger partial charge in [0.1, 0.15) is 5.56 Å². The van der Waals surface area contributed by atoms with Crippen LogP contribution in [0.25, 0.3) is 11.5 Å². The van der Waals surface area contributed by atoms with E-state index in [1.807, 2.05) is 69.9 Å². The summed E-state index contributed by atoms with van der Waals surface area (Å²) in [5.74, 6) is 2.41. The van der Waals surface area contributed by atoms with Crippen molar-refractivity contribution in [3.8, 4) is 23.0 Å². The molecule has 36 heavy (non-hydrogen) atoms. The molecule has 0 aliphatic carbocycles. The van der Waals surface area contributed by atoms with Crippen molar-refractivity contribution in [1.82, 2.24) is 24.1 Å². The molecule has 0 spiro atoms. The van der Waals surface area contributed by atoms with Crippen molar-refractivity contribution in [2.24, 2.45) is 0 Å². The summed E-state index contributed by atoms with van der Waals surface area (Å²) in [7, 11) is 0. The third kappa shape index (κ3) is 4.13. The normalized spacial score (nSPS) is 15.4. The lowest BCUT2D eigenvalue weighted by atomic mass is 10.1. The van der Waals surface area contributed by atoms with Crippen LogP contribution in [0.2, 0.25) is 0 Å². The number of benzene rings is 2. The molecule has 6 rings (SSSR count). The molecule has 4 heterocycles. The van der Waals surface area contributed by atoms with E-state index in [0.29, 0.717) is 18.7 Å². The minimum Gasteiger partial charge on any atom is -0.454 e. The molecule has 8 heteroatoms. The van der Waals surface area contributed by atoms with Crippen LogP contribution in [0.1, 0.15) is 27.2 Å². The highest BCUT2D eigenvalue weighted by molar-refractivity contribution is 5.98. The van der Waals surface area contributed by atoms with Crippen LogP contribution in [0.3, 0.4) is 0 Å². The van der Waals surface area contributed by atoms with Gasteiger partial charge in [-0.1, -0.05) is 18.2 Å². The van der Waals surface area contributed by atoms with E-state index < -0.39 is 0 Å². The fraction of sp³-hybridized carbons (Fsp3) is 0.286. The van der Waals surface area contributed by atoms with Crippen LogP contribution >= 0.6 is 0 Å². The summed E-state index contributed by atoms with van der Waals surface area (Å²) >= 11 is 0.